The molecule has 2 nitrogen and oxygen atoms in total. The first-order valence-corrected chi connectivity index (χ1v) is 6.61. The zero-order valence-electron chi connectivity index (χ0n) is 11.3. The van der Waals surface area contributed by atoms with Crippen LogP contribution in [0.4, 0.5) is 24.5 Å². The van der Waals surface area contributed by atoms with Crippen LogP contribution in [0.3, 0.4) is 0 Å². The van der Waals surface area contributed by atoms with Crippen molar-refractivity contribution in [3.8, 4) is 0 Å². The summed E-state index contributed by atoms with van der Waals surface area (Å²) in [6.45, 7) is 1.86. The number of nitrogens with one attached hydrogen (secondary N) is 1. The van der Waals surface area contributed by atoms with E-state index in [1.165, 1.54) is 12.1 Å². The molecule has 0 heterocycles. The molecule has 2 rings (SSSR count). The van der Waals surface area contributed by atoms with Crippen LogP contribution < -0.4 is 11.1 Å². The molecule has 0 aromatic heterocycles. The minimum atomic E-state index is -4.37. The molecule has 0 unspecified atom stereocenters. The summed E-state index contributed by atoms with van der Waals surface area (Å²) in [5, 5.41) is 3.34. The van der Waals surface area contributed by atoms with Crippen LogP contribution in [0.15, 0.2) is 36.4 Å². The molecule has 0 saturated carbocycles. The largest absolute Gasteiger partial charge is 0.416 e. The number of hydrogen-bond acceptors (Lipinski definition) is 2. The van der Waals surface area contributed by atoms with Gasteiger partial charge in [0.05, 0.1) is 16.3 Å². The van der Waals surface area contributed by atoms with Crippen LogP contribution in [-0.2, 0) is 12.7 Å². The van der Waals surface area contributed by atoms with Gasteiger partial charge in [0.2, 0.25) is 0 Å². The second kappa shape index (κ2) is 5.85. The van der Waals surface area contributed by atoms with E-state index in [1.54, 1.807) is 18.2 Å². The van der Waals surface area contributed by atoms with Gasteiger partial charge in [-0.15, -0.1) is 0 Å². The maximum Gasteiger partial charge on any atom is 0.416 e. The van der Waals surface area contributed by atoms with Crippen molar-refractivity contribution < 1.29 is 13.2 Å². The van der Waals surface area contributed by atoms with Crippen LogP contribution in [0.25, 0.3) is 0 Å². The molecule has 112 valence electrons. The molecule has 0 amide bonds. The highest BCUT2D eigenvalue weighted by Crippen LogP contribution is 2.33. The summed E-state index contributed by atoms with van der Waals surface area (Å²) in [6.07, 6.45) is -4.37. The third kappa shape index (κ3) is 3.61. The van der Waals surface area contributed by atoms with Crippen LogP contribution in [0.1, 0.15) is 16.7 Å². The van der Waals surface area contributed by atoms with E-state index in [9.17, 15) is 13.2 Å². The van der Waals surface area contributed by atoms with Gasteiger partial charge in [0.25, 0.3) is 0 Å². The molecular weight excluding hydrogens is 301 g/mol. The Balaban J connectivity index is 2.23. The van der Waals surface area contributed by atoms with Gasteiger partial charge in [0.1, 0.15) is 0 Å². The number of rotatable bonds is 3. The maximum atomic E-state index is 12.9. The Morgan fingerprint density at radius 1 is 1.19 bits per heavy atom. The molecule has 0 aliphatic heterocycles. The molecule has 0 spiro atoms. The first-order chi connectivity index (χ1) is 9.79. The maximum absolute atomic E-state index is 12.9. The molecule has 0 atom stereocenters. The highest BCUT2D eigenvalue weighted by Gasteiger charge is 2.32. The monoisotopic (exact) mass is 314 g/mol. The highest BCUT2D eigenvalue weighted by atomic mass is 35.5. The van der Waals surface area contributed by atoms with Gasteiger partial charge in [-0.05, 0) is 36.2 Å². The van der Waals surface area contributed by atoms with E-state index >= 15 is 0 Å². The lowest BCUT2D eigenvalue weighted by Crippen LogP contribution is -2.12. The molecule has 3 N–H and O–H groups in total. The van der Waals surface area contributed by atoms with Crippen molar-refractivity contribution in [3.63, 3.8) is 0 Å². The van der Waals surface area contributed by atoms with Crippen molar-refractivity contribution >= 4 is 23.0 Å². The minimum absolute atomic E-state index is 0.0524. The van der Waals surface area contributed by atoms with Crippen molar-refractivity contribution in [3.05, 3.63) is 58.1 Å². The Morgan fingerprint density at radius 3 is 2.52 bits per heavy atom. The van der Waals surface area contributed by atoms with Crippen molar-refractivity contribution in [1.82, 2.24) is 0 Å². The molecule has 0 radical (unpaired) electrons. The summed E-state index contributed by atoms with van der Waals surface area (Å²) in [5.74, 6) is 0. The van der Waals surface area contributed by atoms with Crippen molar-refractivity contribution in [2.45, 2.75) is 19.6 Å². The lowest BCUT2D eigenvalue weighted by Gasteiger charge is -2.15. The van der Waals surface area contributed by atoms with Crippen molar-refractivity contribution in [1.29, 1.82) is 0 Å². The quantitative estimate of drug-likeness (QED) is 0.794. The fourth-order valence-electron chi connectivity index (χ4n) is 2.04. The number of anilines is 2. The van der Waals surface area contributed by atoms with Crippen LogP contribution >= 0.6 is 11.6 Å². The summed E-state index contributed by atoms with van der Waals surface area (Å²) in [6, 6.07) is 8.76. The molecule has 21 heavy (non-hydrogen) atoms. The number of hydrogen-bond donors (Lipinski definition) is 2. The Morgan fingerprint density at radius 2 is 1.86 bits per heavy atom. The van der Waals surface area contributed by atoms with Crippen LogP contribution in [0, 0.1) is 6.92 Å². The molecule has 0 fully saturated rings. The van der Waals surface area contributed by atoms with Gasteiger partial charge < -0.3 is 11.1 Å². The SMILES string of the molecule is Cc1cc(N)c(Cl)cc1NCc1ccccc1C(F)(F)F. The lowest BCUT2D eigenvalue weighted by atomic mass is 10.1. The topological polar surface area (TPSA) is 38.0 Å². The average Bonchev–Trinajstić information content (AvgIpc) is 2.41. The summed E-state index contributed by atoms with van der Waals surface area (Å²) >= 11 is 5.93. The average molecular weight is 315 g/mol. The molecule has 0 saturated heterocycles. The van der Waals surface area contributed by atoms with Crippen molar-refractivity contribution in [2.75, 3.05) is 11.1 Å². The van der Waals surface area contributed by atoms with Gasteiger partial charge in [-0.3, -0.25) is 0 Å². The van der Waals surface area contributed by atoms with Gasteiger partial charge in [0.15, 0.2) is 0 Å². The van der Waals surface area contributed by atoms with Crippen molar-refractivity contribution in [2.24, 2.45) is 0 Å². The van der Waals surface area contributed by atoms with Gasteiger partial charge in [-0.1, -0.05) is 29.8 Å². The van der Waals surface area contributed by atoms with E-state index in [0.29, 0.717) is 16.4 Å². The molecule has 0 aliphatic carbocycles. The van der Waals surface area contributed by atoms with Gasteiger partial charge in [-0.2, -0.15) is 13.2 Å². The van der Waals surface area contributed by atoms with E-state index in [0.717, 1.165) is 11.6 Å². The van der Waals surface area contributed by atoms with Crippen LogP contribution in [0.2, 0.25) is 5.02 Å². The Kier molecular flexibility index (Phi) is 4.32. The molecule has 2 aromatic rings. The molecule has 2 aromatic carbocycles. The Hall–Kier alpha value is -1.88. The van der Waals surface area contributed by atoms with E-state index in [4.69, 9.17) is 17.3 Å². The smallest absolute Gasteiger partial charge is 0.398 e. The fraction of sp³-hybridized carbons (Fsp3) is 0.200. The number of alkyl halides is 3. The summed E-state index contributed by atoms with van der Waals surface area (Å²) in [7, 11) is 0. The Labute approximate surface area is 125 Å². The number of nitrogens with two attached hydrogens (primary N) is 1. The fourth-order valence-corrected chi connectivity index (χ4v) is 2.20. The number of aryl methyl sites for hydroxylation is 1. The zero-order chi connectivity index (χ0) is 15.6. The van der Waals surface area contributed by atoms with Gasteiger partial charge >= 0.3 is 6.18 Å². The van der Waals surface area contributed by atoms with Gasteiger partial charge in [0, 0.05) is 12.2 Å². The first kappa shape index (κ1) is 15.5. The van der Waals surface area contributed by atoms with E-state index in [-0.39, 0.29) is 12.1 Å². The van der Waals surface area contributed by atoms with E-state index < -0.39 is 11.7 Å². The number of nitrogen functional groups attached to an aromatic ring is 1. The van der Waals surface area contributed by atoms with E-state index in [1.807, 2.05) is 6.92 Å². The lowest BCUT2D eigenvalue weighted by molar-refractivity contribution is -0.138. The van der Waals surface area contributed by atoms with Gasteiger partial charge in [-0.25, -0.2) is 0 Å². The van der Waals surface area contributed by atoms with Crippen LogP contribution in [-0.4, -0.2) is 0 Å². The first-order valence-electron chi connectivity index (χ1n) is 6.23. The summed E-state index contributed by atoms with van der Waals surface area (Å²) in [5.41, 5.74) is 7.13. The normalized spacial score (nSPS) is 11.5. The second-order valence-electron chi connectivity index (χ2n) is 4.70. The molecule has 0 bridgehead atoms. The summed E-state index contributed by atoms with van der Waals surface area (Å²) in [4.78, 5) is 0. The number of benzene rings is 2. The van der Waals surface area contributed by atoms with Crippen LogP contribution in [0.5, 0.6) is 0 Å². The van der Waals surface area contributed by atoms with E-state index in [2.05, 4.69) is 5.32 Å². The molecular formula is C15H14ClF3N2. The molecule has 0 aliphatic rings. The number of halogens is 4. The minimum Gasteiger partial charge on any atom is -0.398 e. The predicted molar refractivity (Wildman–Crippen MR) is 79.4 cm³/mol. The molecule has 6 heteroatoms. The Bertz CT molecular complexity index is 654. The second-order valence-corrected chi connectivity index (χ2v) is 5.10. The zero-order valence-corrected chi connectivity index (χ0v) is 12.0. The third-order valence-electron chi connectivity index (χ3n) is 3.14. The third-order valence-corrected chi connectivity index (χ3v) is 3.46. The predicted octanol–water partition coefficient (Wildman–Crippen LogP) is 4.86. The highest BCUT2D eigenvalue weighted by molar-refractivity contribution is 6.33. The standard InChI is InChI=1S/C15H14ClF3N2/c1-9-6-13(20)12(16)7-14(9)21-8-10-4-2-3-5-11(10)15(17,18)19/h2-7,21H,8,20H2,1H3. The summed E-state index contributed by atoms with van der Waals surface area (Å²) < 4.78 is 38.7.